The molecule has 1 radical (unpaired) electrons. The van der Waals surface area contributed by atoms with Crippen molar-refractivity contribution >= 4 is 68.8 Å². The zero-order valence-corrected chi connectivity index (χ0v) is 34.2. The van der Waals surface area contributed by atoms with Gasteiger partial charge in [-0.1, -0.05) is 74.4 Å². The van der Waals surface area contributed by atoms with Gasteiger partial charge in [0, 0.05) is 87.6 Å². The molecule has 0 bridgehead atoms. The van der Waals surface area contributed by atoms with Crippen LogP contribution >= 0.6 is 22.7 Å². The summed E-state index contributed by atoms with van der Waals surface area (Å²) in [5.74, 6) is 0.547. The number of fused-ring (bicyclic) bond motifs is 6. The third-order valence-electron chi connectivity index (χ3n) is 8.98. The van der Waals surface area contributed by atoms with Gasteiger partial charge in [-0.15, -0.1) is 57.6 Å². The Morgan fingerprint density at radius 3 is 2.08 bits per heavy atom. The molecule has 261 valence electrons. The molecule has 0 aliphatic heterocycles. The van der Waals surface area contributed by atoms with E-state index in [-0.39, 0.29) is 43.5 Å². The summed E-state index contributed by atoms with van der Waals surface area (Å²) in [7, 11) is 0. The standard InChI is InChI=1S/C30H26NS2.C13H24O2.Ir/c1-17-10-18(2)12-20(11-17)28-29-22(8-9-31-28)24-15-26-23(14-27(24)33-29)21-7-6-19(13-25(21)32-26)16-30(3,4)5;1-5-10(6-2)12(14)9-13(15)11(7-3)8-4;/h6-11,13-15H,16H2,1-5H3;9-11,14H,5-8H2,1-4H3;/q-1;;/b;12-9-;/i16D2;;. The van der Waals surface area contributed by atoms with Crippen LogP contribution in [0.2, 0.25) is 0 Å². The Hall–Kier alpha value is -2.89. The molecule has 3 aromatic carbocycles. The Balaban J connectivity index is 0.000000312. The number of hydrogen-bond donors (Lipinski definition) is 1. The van der Waals surface area contributed by atoms with Gasteiger partial charge in [-0.25, -0.2) is 0 Å². The Labute approximate surface area is 317 Å². The molecule has 3 nitrogen and oxygen atoms in total. The third kappa shape index (κ3) is 8.89. The first-order valence-corrected chi connectivity index (χ1v) is 18.9. The fourth-order valence-electron chi connectivity index (χ4n) is 6.48. The van der Waals surface area contributed by atoms with E-state index in [2.05, 4.69) is 62.4 Å². The molecule has 0 aliphatic rings. The molecule has 3 heterocycles. The summed E-state index contributed by atoms with van der Waals surface area (Å²) in [4.78, 5) is 16.5. The van der Waals surface area contributed by atoms with Gasteiger partial charge < -0.3 is 10.1 Å². The second-order valence-electron chi connectivity index (χ2n) is 13.9. The fraction of sp³-hybridized carbons (Fsp3) is 0.395. The number of aliphatic hydroxyl groups is 1. The van der Waals surface area contributed by atoms with Crippen molar-refractivity contribution in [1.82, 2.24) is 4.98 Å². The van der Waals surface area contributed by atoms with Gasteiger partial charge in [0.2, 0.25) is 0 Å². The number of aliphatic hydroxyl groups excluding tert-OH is 1. The number of allylic oxidation sites excluding steroid dienone is 2. The smallest absolute Gasteiger partial charge is 0.162 e. The van der Waals surface area contributed by atoms with E-state index in [1.54, 1.807) is 22.7 Å². The van der Waals surface area contributed by atoms with Crippen LogP contribution in [0.15, 0.2) is 66.6 Å². The molecule has 6 rings (SSSR count). The first-order valence-electron chi connectivity index (χ1n) is 18.3. The SMILES string of the molecule is CCC(CC)C(=O)/C=C(\O)C(CC)CC.[2H]C([2H])(c1ccc2c(c1)sc1cc3c(cc12)sc1c(-c2[c-]c(C)cc(C)c2)nccc13)C(C)(C)C.[Ir]. The van der Waals surface area contributed by atoms with Crippen LogP contribution < -0.4 is 0 Å². The first-order chi connectivity index (χ1) is 23.6. The Bertz CT molecular complexity index is 2180. The second-order valence-corrected chi connectivity index (χ2v) is 16.1. The molecule has 0 amide bonds. The van der Waals surface area contributed by atoms with Gasteiger partial charge in [0.25, 0.3) is 0 Å². The molecule has 0 atom stereocenters. The number of nitrogens with zero attached hydrogens (tertiary/aromatic N) is 1. The Morgan fingerprint density at radius 2 is 1.47 bits per heavy atom. The van der Waals surface area contributed by atoms with E-state index in [0.717, 1.165) is 52.8 Å². The second kappa shape index (κ2) is 16.4. The number of carbonyl (C=O) groups is 1. The van der Waals surface area contributed by atoms with Gasteiger partial charge in [-0.05, 0) is 72.7 Å². The number of ketones is 1. The number of benzene rings is 3. The monoisotopic (exact) mass is 871 g/mol. The van der Waals surface area contributed by atoms with Crippen LogP contribution in [0.4, 0.5) is 0 Å². The van der Waals surface area contributed by atoms with Crippen molar-refractivity contribution < 1.29 is 32.7 Å². The van der Waals surface area contributed by atoms with Crippen LogP contribution in [-0.4, -0.2) is 15.9 Å². The largest absolute Gasteiger partial charge is 0.512 e. The summed E-state index contributed by atoms with van der Waals surface area (Å²) in [5, 5.41) is 14.7. The average molecular weight is 871 g/mol. The van der Waals surface area contributed by atoms with E-state index in [0.29, 0.717) is 0 Å². The molecule has 0 saturated carbocycles. The number of aromatic nitrogens is 1. The molecule has 6 aromatic rings. The zero-order chi connectivity index (χ0) is 36.5. The average Bonchev–Trinajstić information content (AvgIpc) is 3.60. The minimum Gasteiger partial charge on any atom is -0.512 e. The molecule has 49 heavy (non-hydrogen) atoms. The van der Waals surface area contributed by atoms with Crippen LogP contribution in [0.3, 0.4) is 0 Å². The van der Waals surface area contributed by atoms with Gasteiger partial charge in [0.1, 0.15) is 0 Å². The van der Waals surface area contributed by atoms with E-state index in [4.69, 9.17) is 7.73 Å². The number of thiophene rings is 2. The molecule has 0 spiro atoms. The van der Waals surface area contributed by atoms with Gasteiger partial charge in [0.05, 0.1) is 5.76 Å². The summed E-state index contributed by atoms with van der Waals surface area (Å²) >= 11 is 3.54. The maximum Gasteiger partial charge on any atom is 0.162 e. The van der Waals surface area contributed by atoms with Crippen LogP contribution in [0.25, 0.3) is 51.6 Å². The molecular formula is C43H50IrNO2S2-. The summed E-state index contributed by atoms with van der Waals surface area (Å²) in [6.07, 6.45) is 5.41. The van der Waals surface area contributed by atoms with Crippen molar-refractivity contribution in [3.05, 3.63) is 89.3 Å². The van der Waals surface area contributed by atoms with Crippen molar-refractivity contribution in [2.75, 3.05) is 0 Å². The van der Waals surface area contributed by atoms with E-state index < -0.39 is 11.8 Å². The fourth-order valence-corrected chi connectivity index (χ4v) is 8.87. The van der Waals surface area contributed by atoms with E-state index >= 15 is 0 Å². The Kier molecular flexibility index (Phi) is 12.0. The number of pyridine rings is 1. The van der Waals surface area contributed by atoms with Gasteiger partial charge in [-0.3, -0.25) is 4.79 Å². The summed E-state index contributed by atoms with van der Waals surface area (Å²) < 4.78 is 22.2. The molecule has 0 fully saturated rings. The topological polar surface area (TPSA) is 50.2 Å². The molecule has 0 saturated heterocycles. The number of carbonyl (C=O) groups excluding carboxylic acids is 1. The number of aryl methyl sites for hydroxylation is 2. The third-order valence-corrected chi connectivity index (χ3v) is 11.3. The summed E-state index contributed by atoms with van der Waals surface area (Å²) in [5.41, 5.74) is 4.67. The quantitative estimate of drug-likeness (QED) is 0.0895. The summed E-state index contributed by atoms with van der Waals surface area (Å²) in [6, 6.07) is 20.7. The predicted molar refractivity (Wildman–Crippen MR) is 211 cm³/mol. The van der Waals surface area contributed by atoms with Crippen molar-refractivity contribution in [2.45, 2.75) is 94.4 Å². The van der Waals surface area contributed by atoms with Crippen LogP contribution in [-0.2, 0) is 31.3 Å². The van der Waals surface area contributed by atoms with E-state index in [1.807, 2.05) is 60.7 Å². The number of hydrogen-bond acceptors (Lipinski definition) is 5. The van der Waals surface area contributed by atoms with Crippen molar-refractivity contribution in [3.8, 4) is 11.3 Å². The van der Waals surface area contributed by atoms with Crippen molar-refractivity contribution in [3.63, 3.8) is 0 Å². The summed E-state index contributed by atoms with van der Waals surface area (Å²) in [6.45, 7) is 18.1. The van der Waals surface area contributed by atoms with Crippen LogP contribution in [0.1, 0.15) is 93.6 Å². The molecule has 0 aliphatic carbocycles. The normalized spacial score (nSPS) is 13.2. The minimum absolute atomic E-state index is 0. The van der Waals surface area contributed by atoms with E-state index in [9.17, 15) is 9.90 Å². The zero-order valence-electron chi connectivity index (χ0n) is 32.2. The maximum absolute atomic E-state index is 11.7. The molecule has 1 N–H and O–H groups in total. The van der Waals surface area contributed by atoms with Gasteiger partial charge >= 0.3 is 0 Å². The Morgan fingerprint density at radius 1 is 0.857 bits per heavy atom. The number of rotatable bonds is 9. The predicted octanol–water partition coefficient (Wildman–Crippen LogP) is 13.4. The van der Waals surface area contributed by atoms with Crippen molar-refractivity contribution in [1.29, 1.82) is 0 Å². The molecule has 0 unspecified atom stereocenters. The van der Waals surface area contributed by atoms with Crippen LogP contribution in [0, 0.1) is 37.2 Å². The maximum atomic E-state index is 11.7. The minimum atomic E-state index is -1.40. The van der Waals surface area contributed by atoms with E-state index in [1.165, 1.54) is 47.3 Å². The molecular weight excluding hydrogens is 819 g/mol. The van der Waals surface area contributed by atoms with Gasteiger partial charge in [0.15, 0.2) is 5.78 Å². The van der Waals surface area contributed by atoms with Crippen LogP contribution in [0.5, 0.6) is 0 Å². The van der Waals surface area contributed by atoms with Crippen molar-refractivity contribution in [2.24, 2.45) is 17.3 Å². The molecule has 3 aromatic heterocycles. The molecule has 6 heteroatoms. The first kappa shape index (κ1) is 35.9. The van der Waals surface area contributed by atoms with Gasteiger partial charge in [-0.2, -0.15) is 0 Å².